The molecule has 0 aromatic heterocycles. The summed E-state index contributed by atoms with van der Waals surface area (Å²) in [5, 5.41) is 0. The molecule has 0 saturated heterocycles. The Morgan fingerprint density at radius 3 is 2.85 bits per heavy atom. The second-order valence-electron chi connectivity index (χ2n) is 5.69. The van der Waals surface area contributed by atoms with Crippen LogP contribution in [0.1, 0.15) is 44.6 Å². The molecule has 1 amide bonds. The molecule has 3 heteroatoms. The van der Waals surface area contributed by atoms with Crippen LogP contribution >= 0.6 is 0 Å². The molecule has 1 aliphatic rings. The number of amides is 1. The molecule has 0 aliphatic carbocycles. The number of para-hydroxylation sites is 1. The minimum Gasteiger partial charge on any atom is -0.330 e. The lowest BCUT2D eigenvalue weighted by molar-refractivity contribution is -0.118. The summed E-state index contributed by atoms with van der Waals surface area (Å²) < 4.78 is 0. The van der Waals surface area contributed by atoms with Crippen molar-refractivity contribution in [3.63, 3.8) is 0 Å². The predicted octanol–water partition coefficient (Wildman–Crippen LogP) is 3.12. The van der Waals surface area contributed by atoms with E-state index in [1.165, 1.54) is 18.4 Å². The molecule has 1 aromatic rings. The number of carbonyl (C=O) groups excluding carboxylic acids is 1. The number of hydrogen-bond acceptors (Lipinski definition) is 2. The Hall–Kier alpha value is -1.35. The summed E-state index contributed by atoms with van der Waals surface area (Å²) in [5.74, 6) is 0.875. The van der Waals surface area contributed by atoms with Crippen molar-refractivity contribution in [2.24, 2.45) is 11.7 Å². The molecule has 0 spiro atoms. The summed E-state index contributed by atoms with van der Waals surface area (Å²) in [6.45, 7) is 3.76. The quantitative estimate of drug-likeness (QED) is 0.830. The first-order chi connectivity index (χ1) is 9.76. The summed E-state index contributed by atoms with van der Waals surface area (Å²) in [6, 6.07) is 8.24. The minimum absolute atomic E-state index is 0.271. The number of nitrogens with two attached hydrogens (primary N) is 1. The lowest BCUT2D eigenvalue weighted by Gasteiger charge is -2.20. The van der Waals surface area contributed by atoms with E-state index in [-0.39, 0.29) is 5.91 Å². The molecule has 20 heavy (non-hydrogen) atoms. The number of anilines is 1. The topological polar surface area (TPSA) is 46.3 Å². The van der Waals surface area contributed by atoms with E-state index in [0.717, 1.165) is 38.0 Å². The molecule has 1 unspecified atom stereocenters. The van der Waals surface area contributed by atoms with Gasteiger partial charge in [0.2, 0.25) is 5.91 Å². The molecule has 2 rings (SSSR count). The van der Waals surface area contributed by atoms with E-state index in [9.17, 15) is 4.79 Å². The number of rotatable bonds is 7. The molecule has 110 valence electrons. The molecular weight excluding hydrogens is 248 g/mol. The van der Waals surface area contributed by atoms with Crippen LogP contribution in [-0.2, 0) is 11.2 Å². The molecule has 1 aliphatic heterocycles. The van der Waals surface area contributed by atoms with Crippen molar-refractivity contribution in [1.29, 1.82) is 0 Å². The van der Waals surface area contributed by atoms with E-state index >= 15 is 0 Å². The third kappa shape index (κ3) is 3.60. The van der Waals surface area contributed by atoms with Crippen LogP contribution in [0.25, 0.3) is 0 Å². The van der Waals surface area contributed by atoms with Crippen LogP contribution in [-0.4, -0.2) is 19.0 Å². The predicted molar refractivity (Wildman–Crippen MR) is 83.8 cm³/mol. The van der Waals surface area contributed by atoms with Gasteiger partial charge in [0.15, 0.2) is 0 Å². The van der Waals surface area contributed by atoms with Crippen LogP contribution in [0.3, 0.4) is 0 Å². The number of benzene rings is 1. The molecule has 3 nitrogen and oxygen atoms in total. The van der Waals surface area contributed by atoms with Crippen LogP contribution < -0.4 is 10.6 Å². The van der Waals surface area contributed by atoms with Crippen molar-refractivity contribution in [3.05, 3.63) is 29.8 Å². The van der Waals surface area contributed by atoms with Gasteiger partial charge in [-0.25, -0.2) is 0 Å². The molecule has 0 radical (unpaired) electrons. The zero-order chi connectivity index (χ0) is 14.4. The number of fused-ring (bicyclic) bond motifs is 1. The normalized spacial score (nSPS) is 15.2. The lowest BCUT2D eigenvalue weighted by Crippen LogP contribution is -2.29. The van der Waals surface area contributed by atoms with E-state index < -0.39 is 0 Å². The van der Waals surface area contributed by atoms with E-state index in [0.29, 0.717) is 12.3 Å². The zero-order valence-electron chi connectivity index (χ0n) is 12.5. The van der Waals surface area contributed by atoms with Gasteiger partial charge in [-0.3, -0.25) is 4.79 Å². The molecule has 1 atom stereocenters. The molecule has 0 bridgehead atoms. The van der Waals surface area contributed by atoms with Crippen molar-refractivity contribution in [1.82, 2.24) is 0 Å². The van der Waals surface area contributed by atoms with Crippen molar-refractivity contribution < 1.29 is 4.79 Å². The highest BCUT2D eigenvalue weighted by molar-refractivity contribution is 5.95. The summed E-state index contributed by atoms with van der Waals surface area (Å²) in [7, 11) is 0. The van der Waals surface area contributed by atoms with Crippen LogP contribution in [0.15, 0.2) is 24.3 Å². The molecule has 1 heterocycles. The summed E-state index contributed by atoms with van der Waals surface area (Å²) >= 11 is 0. The summed E-state index contributed by atoms with van der Waals surface area (Å²) in [4.78, 5) is 14.4. The van der Waals surface area contributed by atoms with Crippen molar-refractivity contribution in [3.8, 4) is 0 Å². The van der Waals surface area contributed by atoms with Gasteiger partial charge in [-0.2, -0.15) is 0 Å². The summed E-state index contributed by atoms with van der Waals surface area (Å²) in [5.41, 5.74) is 8.07. The first-order valence-corrected chi connectivity index (χ1v) is 7.84. The van der Waals surface area contributed by atoms with Gasteiger partial charge in [0.25, 0.3) is 0 Å². The van der Waals surface area contributed by atoms with Gasteiger partial charge in [-0.15, -0.1) is 0 Å². The van der Waals surface area contributed by atoms with Crippen molar-refractivity contribution >= 4 is 11.6 Å². The Kier molecular flexibility index (Phi) is 5.60. The van der Waals surface area contributed by atoms with Crippen molar-refractivity contribution in [2.45, 2.75) is 45.4 Å². The van der Waals surface area contributed by atoms with Gasteiger partial charge in [-0.05, 0) is 43.4 Å². The first-order valence-electron chi connectivity index (χ1n) is 7.84. The minimum atomic E-state index is 0.271. The van der Waals surface area contributed by atoms with Gasteiger partial charge in [0, 0.05) is 18.7 Å². The van der Waals surface area contributed by atoms with Gasteiger partial charge in [0.05, 0.1) is 0 Å². The van der Waals surface area contributed by atoms with Crippen LogP contribution in [0.4, 0.5) is 5.69 Å². The molecule has 2 N–H and O–H groups in total. The average Bonchev–Trinajstić information content (AvgIpc) is 2.89. The van der Waals surface area contributed by atoms with Gasteiger partial charge in [0.1, 0.15) is 0 Å². The Balaban J connectivity index is 1.89. The fourth-order valence-corrected chi connectivity index (χ4v) is 3.14. The Morgan fingerprint density at radius 1 is 1.30 bits per heavy atom. The fourth-order valence-electron chi connectivity index (χ4n) is 3.14. The van der Waals surface area contributed by atoms with Gasteiger partial charge >= 0.3 is 0 Å². The van der Waals surface area contributed by atoms with Crippen LogP contribution in [0.5, 0.6) is 0 Å². The van der Waals surface area contributed by atoms with E-state index in [1.807, 2.05) is 17.0 Å². The maximum atomic E-state index is 12.4. The number of nitrogens with zero attached hydrogens (tertiary/aromatic N) is 1. The van der Waals surface area contributed by atoms with Gasteiger partial charge in [-0.1, -0.05) is 38.0 Å². The standard InChI is InChI=1S/C17H26N2O/c1-2-5-14(10-12-18)8-9-17(20)19-13-11-15-6-3-4-7-16(15)19/h3-4,6-7,14H,2,5,8-13,18H2,1H3. The Morgan fingerprint density at radius 2 is 2.10 bits per heavy atom. The maximum absolute atomic E-state index is 12.4. The highest BCUT2D eigenvalue weighted by atomic mass is 16.2. The largest absolute Gasteiger partial charge is 0.330 e. The van der Waals surface area contributed by atoms with Gasteiger partial charge < -0.3 is 10.6 Å². The average molecular weight is 274 g/mol. The molecular formula is C17H26N2O. The molecule has 1 aromatic carbocycles. The van der Waals surface area contributed by atoms with E-state index in [1.54, 1.807) is 0 Å². The smallest absolute Gasteiger partial charge is 0.227 e. The summed E-state index contributed by atoms with van der Waals surface area (Å²) in [6.07, 6.45) is 6.01. The Labute approximate surface area is 122 Å². The third-order valence-corrected chi connectivity index (χ3v) is 4.23. The van der Waals surface area contributed by atoms with E-state index in [4.69, 9.17) is 5.73 Å². The van der Waals surface area contributed by atoms with Crippen LogP contribution in [0, 0.1) is 5.92 Å². The third-order valence-electron chi connectivity index (χ3n) is 4.23. The molecule has 0 fully saturated rings. The second kappa shape index (κ2) is 7.44. The van der Waals surface area contributed by atoms with E-state index in [2.05, 4.69) is 19.1 Å². The molecule has 0 saturated carbocycles. The first kappa shape index (κ1) is 15.0. The Bertz CT molecular complexity index is 438. The maximum Gasteiger partial charge on any atom is 0.227 e. The lowest BCUT2D eigenvalue weighted by atomic mass is 9.94. The fraction of sp³-hybridized carbons (Fsp3) is 0.588. The van der Waals surface area contributed by atoms with Crippen LogP contribution in [0.2, 0.25) is 0 Å². The highest BCUT2D eigenvalue weighted by Crippen LogP contribution is 2.28. The SMILES string of the molecule is CCCC(CCN)CCC(=O)N1CCc2ccccc21. The monoisotopic (exact) mass is 274 g/mol. The highest BCUT2D eigenvalue weighted by Gasteiger charge is 2.24. The number of hydrogen-bond donors (Lipinski definition) is 1. The zero-order valence-corrected chi connectivity index (χ0v) is 12.5. The second-order valence-corrected chi connectivity index (χ2v) is 5.69. The number of carbonyl (C=O) groups is 1. The van der Waals surface area contributed by atoms with Crippen molar-refractivity contribution in [2.75, 3.05) is 18.0 Å².